The maximum absolute atomic E-state index is 11.8. The number of nitriles is 1. The second-order valence-electron chi connectivity index (χ2n) is 4.18. The lowest BCUT2D eigenvalue weighted by molar-refractivity contribution is -0.117. The number of carbonyl (C=O) groups is 1. The Balaban J connectivity index is 2.49. The lowest BCUT2D eigenvalue weighted by Crippen LogP contribution is -2.36. The number of hydrogen-bond acceptors (Lipinski definition) is 3. The number of carbonyl (C=O) groups excluding carboxylic acids is 1. The van der Waals surface area contributed by atoms with Crippen LogP contribution in [-0.4, -0.2) is 30.4 Å². The van der Waals surface area contributed by atoms with Crippen molar-refractivity contribution in [2.75, 3.05) is 18.9 Å². The summed E-state index contributed by atoms with van der Waals surface area (Å²) in [5.74, 6) is -0.121. The Bertz CT molecular complexity index is 456. The zero-order valence-electron chi connectivity index (χ0n) is 10.5. The molecule has 0 fully saturated rings. The van der Waals surface area contributed by atoms with Gasteiger partial charge in [0.25, 0.3) is 0 Å². The molecule has 1 rings (SSSR count). The molecule has 0 aromatic heterocycles. The van der Waals surface area contributed by atoms with E-state index in [-0.39, 0.29) is 18.5 Å². The summed E-state index contributed by atoms with van der Waals surface area (Å²) in [5, 5.41) is 11.9. The first-order chi connectivity index (χ1) is 8.52. The lowest BCUT2D eigenvalue weighted by Gasteiger charge is -2.21. The molecule has 1 unspecified atom stereocenters. The summed E-state index contributed by atoms with van der Waals surface area (Å²) in [6, 6.07) is 9.14. The fourth-order valence-electron chi connectivity index (χ4n) is 1.44. The molecule has 0 aliphatic rings. The number of anilines is 1. The van der Waals surface area contributed by atoms with Gasteiger partial charge in [-0.1, -0.05) is 17.7 Å². The highest BCUT2D eigenvalue weighted by Crippen LogP contribution is 2.14. The van der Waals surface area contributed by atoms with E-state index in [1.54, 1.807) is 24.3 Å². The predicted octanol–water partition coefficient (Wildman–Crippen LogP) is 2.51. The van der Waals surface area contributed by atoms with E-state index in [1.165, 1.54) is 0 Å². The number of hydrogen-bond donors (Lipinski definition) is 1. The fourth-order valence-corrected chi connectivity index (χ4v) is 1.63. The van der Waals surface area contributed by atoms with Crippen LogP contribution in [0.3, 0.4) is 0 Å². The van der Waals surface area contributed by atoms with Crippen LogP contribution < -0.4 is 5.32 Å². The van der Waals surface area contributed by atoms with Crippen LogP contribution >= 0.6 is 11.6 Å². The van der Waals surface area contributed by atoms with Crippen LogP contribution in [0.1, 0.15) is 13.3 Å². The SMILES string of the molecule is CC(CC#N)N(C)CC(=O)Nc1cccc(Cl)c1. The summed E-state index contributed by atoms with van der Waals surface area (Å²) in [5.41, 5.74) is 0.675. The Hall–Kier alpha value is -1.57. The summed E-state index contributed by atoms with van der Waals surface area (Å²) < 4.78 is 0. The molecule has 0 aliphatic carbocycles. The van der Waals surface area contributed by atoms with Gasteiger partial charge in [-0.15, -0.1) is 0 Å². The maximum atomic E-state index is 11.8. The van der Waals surface area contributed by atoms with E-state index in [0.29, 0.717) is 17.1 Å². The number of rotatable bonds is 5. The van der Waals surface area contributed by atoms with Gasteiger partial charge in [-0.25, -0.2) is 0 Å². The Morgan fingerprint density at radius 3 is 2.94 bits per heavy atom. The van der Waals surface area contributed by atoms with E-state index in [1.807, 2.05) is 18.9 Å². The standard InChI is InChI=1S/C13H16ClN3O/c1-10(6-7-15)17(2)9-13(18)16-12-5-3-4-11(14)8-12/h3-5,8,10H,6,9H2,1-2H3,(H,16,18). The molecule has 1 aromatic carbocycles. The first-order valence-electron chi connectivity index (χ1n) is 5.65. The minimum Gasteiger partial charge on any atom is -0.325 e. The van der Waals surface area contributed by atoms with Crippen molar-refractivity contribution in [3.8, 4) is 6.07 Å². The molecule has 0 radical (unpaired) electrons. The number of amides is 1. The first kappa shape index (κ1) is 14.5. The summed E-state index contributed by atoms with van der Waals surface area (Å²) in [6.07, 6.45) is 0.404. The molecular weight excluding hydrogens is 250 g/mol. The Kier molecular flexibility index (Phi) is 5.63. The second kappa shape index (κ2) is 7.00. The Morgan fingerprint density at radius 2 is 2.33 bits per heavy atom. The zero-order chi connectivity index (χ0) is 13.5. The summed E-state index contributed by atoms with van der Waals surface area (Å²) in [4.78, 5) is 13.6. The average Bonchev–Trinajstić information content (AvgIpc) is 2.28. The molecule has 1 atom stereocenters. The van der Waals surface area contributed by atoms with Crippen molar-refractivity contribution in [3.05, 3.63) is 29.3 Å². The van der Waals surface area contributed by atoms with Crippen molar-refractivity contribution in [2.45, 2.75) is 19.4 Å². The van der Waals surface area contributed by atoms with Crippen molar-refractivity contribution in [2.24, 2.45) is 0 Å². The highest BCUT2D eigenvalue weighted by Gasteiger charge is 2.12. The molecule has 0 aliphatic heterocycles. The summed E-state index contributed by atoms with van der Waals surface area (Å²) in [7, 11) is 1.82. The smallest absolute Gasteiger partial charge is 0.238 e. The third-order valence-corrected chi connectivity index (χ3v) is 2.88. The van der Waals surface area contributed by atoms with Crippen LogP contribution in [0.5, 0.6) is 0 Å². The molecule has 1 amide bonds. The van der Waals surface area contributed by atoms with Crippen molar-refractivity contribution in [3.63, 3.8) is 0 Å². The van der Waals surface area contributed by atoms with Gasteiger partial charge in [0.05, 0.1) is 19.0 Å². The molecule has 1 aromatic rings. The predicted molar refractivity (Wildman–Crippen MR) is 72.4 cm³/mol. The molecule has 4 nitrogen and oxygen atoms in total. The van der Waals surface area contributed by atoms with Gasteiger partial charge in [0.1, 0.15) is 0 Å². The van der Waals surface area contributed by atoms with E-state index >= 15 is 0 Å². The van der Waals surface area contributed by atoms with E-state index in [4.69, 9.17) is 16.9 Å². The van der Waals surface area contributed by atoms with Gasteiger partial charge < -0.3 is 5.32 Å². The van der Waals surface area contributed by atoms with Crippen LogP contribution in [-0.2, 0) is 4.79 Å². The van der Waals surface area contributed by atoms with Crippen molar-refractivity contribution < 1.29 is 4.79 Å². The van der Waals surface area contributed by atoms with Crippen molar-refractivity contribution in [1.29, 1.82) is 5.26 Å². The molecule has 0 heterocycles. The fraction of sp³-hybridized carbons (Fsp3) is 0.385. The van der Waals surface area contributed by atoms with Gasteiger partial charge >= 0.3 is 0 Å². The first-order valence-corrected chi connectivity index (χ1v) is 6.03. The third kappa shape index (κ3) is 4.74. The van der Waals surface area contributed by atoms with Gasteiger partial charge in [-0.2, -0.15) is 5.26 Å². The topological polar surface area (TPSA) is 56.1 Å². The minimum absolute atomic E-state index is 0.0557. The maximum Gasteiger partial charge on any atom is 0.238 e. The third-order valence-electron chi connectivity index (χ3n) is 2.64. The average molecular weight is 266 g/mol. The molecule has 0 spiro atoms. The highest BCUT2D eigenvalue weighted by molar-refractivity contribution is 6.30. The highest BCUT2D eigenvalue weighted by atomic mass is 35.5. The quantitative estimate of drug-likeness (QED) is 0.890. The number of benzene rings is 1. The molecule has 96 valence electrons. The molecule has 0 saturated carbocycles. The minimum atomic E-state index is -0.121. The molecule has 1 N–H and O–H groups in total. The normalized spacial score (nSPS) is 11.9. The van der Waals surface area contributed by atoms with Crippen LogP contribution in [0.25, 0.3) is 0 Å². The van der Waals surface area contributed by atoms with E-state index in [2.05, 4.69) is 11.4 Å². The summed E-state index contributed by atoms with van der Waals surface area (Å²) >= 11 is 5.83. The molecule has 0 saturated heterocycles. The van der Waals surface area contributed by atoms with Crippen LogP contribution in [0.15, 0.2) is 24.3 Å². The Labute approximate surface area is 112 Å². The van der Waals surface area contributed by atoms with Gasteiger partial charge in [0.15, 0.2) is 0 Å². The van der Waals surface area contributed by atoms with E-state index < -0.39 is 0 Å². The van der Waals surface area contributed by atoms with Gasteiger partial charge in [0, 0.05) is 16.8 Å². The monoisotopic (exact) mass is 265 g/mol. The number of nitrogens with zero attached hydrogens (tertiary/aromatic N) is 2. The van der Waals surface area contributed by atoms with Gasteiger partial charge in [-0.3, -0.25) is 9.69 Å². The second-order valence-corrected chi connectivity index (χ2v) is 4.62. The molecular formula is C13H16ClN3O. The van der Waals surface area contributed by atoms with E-state index in [9.17, 15) is 4.79 Å². The molecule has 0 bridgehead atoms. The zero-order valence-corrected chi connectivity index (χ0v) is 11.2. The lowest BCUT2D eigenvalue weighted by atomic mass is 10.2. The van der Waals surface area contributed by atoms with Crippen LogP contribution in [0.4, 0.5) is 5.69 Å². The van der Waals surface area contributed by atoms with Crippen LogP contribution in [0.2, 0.25) is 5.02 Å². The molecule has 18 heavy (non-hydrogen) atoms. The number of nitrogens with one attached hydrogen (secondary N) is 1. The largest absolute Gasteiger partial charge is 0.325 e. The summed E-state index contributed by atoms with van der Waals surface area (Å²) in [6.45, 7) is 2.16. The van der Waals surface area contributed by atoms with Crippen molar-refractivity contribution >= 4 is 23.2 Å². The Morgan fingerprint density at radius 1 is 1.61 bits per heavy atom. The van der Waals surface area contributed by atoms with E-state index in [0.717, 1.165) is 0 Å². The van der Waals surface area contributed by atoms with Gasteiger partial charge in [-0.05, 0) is 32.2 Å². The number of likely N-dealkylation sites (N-methyl/N-ethyl adjacent to an activating group) is 1. The number of halogens is 1. The van der Waals surface area contributed by atoms with Crippen LogP contribution in [0, 0.1) is 11.3 Å². The molecule has 5 heteroatoms. The van der Waals surface area contributed by atoms with Crippen molar-refractivity contribution in [1.82, 2.24) is 4.90 Å². The van der Waals surface area contributed by atoms with Gasteiger partial charge in [0.2, 0.25) is 5.91 Å².